The van der Waals surface area contributed by atoms with Crippen molar-refractivity contribution >= 4 is 17.5 Å². The molecule has 2 amide bonds. The second-order valence-electron chi connectivity index (χ2n) is 7.53. The minimum absolute atomic E-state index is 0.108. The average Bonchev–Trinajstić information content (AvgIpc) is 3.41. The number of carbonyl (C=O) groups excluding carboxylic acids is 2. The van der Waals surface area contributed by atoms with E-state index in [0.717, 1.165) is 0 Å². The zero-order valence-electron chi connectivity index (χ0n) is 16.6. The minimum atomic E-state index is -4.21. The van der Waals surface area contributed by atoms with Gasteiger partial charge in [0.15, 0.2) is 11.5 Å². The van der Waals surface area contributed by atoms with Gasteiger partial charge in [-0.1, -0.05) is 12.1 Å². The van der Waals surface area contributed by atoms with Gasteiger partial charge in [0, 0.05) is 24.2 Å². The Labute approximate surface area is 176 Å². The lowest BCUT2D eigenvalue weighted by atomic mass is 10.1. The fraction of sp³-hybridized carbons (Fsp3) is 0.364. The van der Waals surface area contributed by atoms with Gasteiger partial charge < -0.3 is 19.7 Å². The SMILES string of the molecule is O=C(Nc1ccc(CCC(F)(F)F)cc1)[C@@H]1CCCN1C(=O)c1ccc2c(c1)OCO2. The number of halogens is 3. The normalized spacial score (nSPS) is 17.6. The first kappa shape index (κ1) is 21.0. The van der Waals surface area contributed by atoms with Gasteiger partial charge in [0.1, 0.15) is 6.04 Å². The Morgan fingerprint density at radius 2 is 1.81 bits per heavy atom. The van der Waals surface area contributed by atoms with Crippen molar-refractivity contribution in [2.75, 3.05) is 18.7 Å². The number of benzene rings is 2. The van der Waals surface area contributed by atoms with Crippen LogP contribution in [0.3, 0.4) is 0 Å². The zero-order chi connectivity index (χ0) is 22.0. The number of aryl methyl sites for hydroxylation is 1. The van der Waals surface area contributed by atoms with E-state index in [9.17, 15) is 22.8 Å². The second kappa shape index (κ2) is 8.49. The highest BCUT2D eigenvalue weighted by atomic mass is 19.4. The monoisotopic (exact) mass is 434 g/mol. The summed E-state index contributed by atoms with van der Waals surface area (Å²) in [5.41, 5.74) is 1.43. The number of nitrogens with one attached hydrogen (secondary N) is 1. The Morgan fingerprint density at radius 1 is 1.06 bits per heavy atom. The van der Waals surface area contributed by atoms with Gasteiger partial charge in [-0.2, -0.15) is 13.2 Å². The Bertz CT molecular complexity index is 976. The van der Waals surface area contributed by atoms with Crippen LogP contribution in [0, 0.1) is 0 Å². The van der Waals surface area contributed by atoms with Crippen molar-refractivity contribution in [2.45, 2.75) is 37.9 Å². The summed E-state index contributed by atoms with van der Waals surface area (Å²) in [5.74, 6) is 0.482. The van der Waals surface area contributed by atoms with Gasteiger partial charge in [0.2, 0.25) is 12.7 Å². The fourth-order valence-corrected chi connectivity index (χ4v) is 3.74. The van der Waals surface area contributed by atoms with Gasteiger partial charge in [-0.15, -0.1) is 0 Å². The van der Waals surface area contributed by atoms with Crippen molar-refractivity contribution in [3.63, 3.8) is 0 Å². The molecule has 1 N–H and O–H groups in total. The van der Waals surface area contributed by atoms with E-state index in [1.807, 2.05) is 0 Å². The van der Waals surface area contributed by atoms with E-state index >= 15 is 0 Å². The van der Waals surface area contributed by atoms with E-state index in [0.29, 0.717) is 47.7 Å². The molecule has 2 aromatic carbocycles. The van der Waals surface area contributed by atoms with Crippen LogP contribution >= 0.6 is 0 Å². The third kappa shape index (κ3) is 4.92. The van der Waals surface area contributed by atoms with Crippen molar-refractivity contribution in [1.29, 1.82) is 0 Å². The molecule has 0 saturated carbocycles. The van der Waals surface area contributed by atoms with Crippen LogP contribution in [-0.4, -0.2) is 42.3 Å². The molecular weight excluding hydrogens is 413 g/mol. The lowest BCUT2D eigenvalue weighted by Gasteiger charge is -2.24. The van der Waals surface area contributed by atoms with Crippen LogP contribution in [0.1, 0.15) is 35.2 Å². The average molecular weight is 434 g/mol. The minimum Gasteiger partial charge on any atom is -0.454 e. The van der Waals surface area contributed by atoms with Crippen LogP contribution < -0.4 is 14.8 Å². The summed E-state index contributed by atoms with van der Waals surface area (Å²) in [5, 5.41) is 2.76. The molecule has 9 heteroatoms. The number of amides is 2. The van der Waals surface area contributed by atoms with Crippen LogP contribution in [0.5, 0.6) is 11.5 Å². The van der Waals surface area contributed by atoms with Crippen molar-refractivity contribution in [2.24, 2.45) is 0 Å². The molecule has 31 heavy (non-hydrogen) atoms. The molecule has 4 rings (SSSR count). The smallest absolute Gasteiger partial charge is 0.389 e. The number of rotatable bonds is 5. The molecule has 1 fully saturated rings. The molecule has 2 aromatic rings. The molecule has 2 aliphatic heterocycles. The third-order valence-electron chi connectivity index (χ3n) is 5.35. The predicted octanol–water partition coefficient (Wildman–Crippen LogP) is 4.15. The van der Waals surface area contributed by atoms with Gasteiger partial charge in [0.05, 0.1) is 0 Å². The van der Waals surface area contributed by atoms with Crippen molar-refractivity contribution in [3.05, 3.63) is 53.6 Å². The number of fused-ring (bicyclic) bond motifs is 1. The second-order valence-corrected chi connectivity index (χ2v) is 7.53. The summed E-state index contributed by atoms with van der Waals surface area (Å²) in [7, 11) is 0. The first-order valence-electron chi connectivity index (χ1n) is 9.97. The van der Waals surface area contributed by atoms with Crippen LogP contribution in [0.4, 0.5) is 18.9 Å². The summed E-state index contributed by atoms with van der Waals surface area (Å²) in [4.78, 5) is 27.3. The maximum absolute atomic E-state index is 13.0. The number of anilines is 1. The Morgan fingerprint density at radius 3 is 2.55 bits per heavy atom. The highest BCUT2D eigenvalue weighted by molar-refractivity contribution is 6.01. The van der Waals surface area contributed by atoms with E-state index in [4.69, 9.17) is 9.47 Å². The van der Waals surface area contributed by atoms with Crippen molar-refractivity contribution in [3.8, 4) is 11.5 Å². The quantitative estimate of drug-likeness (QED) is 0.768. The molecule has 164 valence electrons. The lowest BCUT2D eigenvalue weighted by Crippen LogP contribution is -2.43. The summed E-state index contributed by atoms with van der Waals surface area (Å²) >= 11 is 0. The molecule has 2 aliphatic rings. The van der Waals surface area contributed by atoms with Gasteiger partial charge in [-0.05, 0) is 55.2 Å². The molecule has 1 saturated heterocycles. The van der Waals surface area contributed by atoms with E-state index < -0.39 is 18.6 Å². The molecule has 6 nitrogen and oxygen atoms in total. The van der Waals surface area contributed by atoms with Gasteiger partial charge in [-0.25, -0.2) is 0 Å². The number of nitrogens with zero attached hydrogens (tertiary/aromatic N) is 1. The molecule has 0 aliphatic carbocycles. The highest BCUT2D eigenvalue weighted by Gasteiger charge is 2.35. The highest BCUT2D eigenvalue weighted by Crippen LogP contribution is 2.33. The van der Waals surface area contributed by atoms with E-state index in [1.165, 1.54) is 4.90 Å². The van der Waals surface area contributed by atoms with Crippen LogP contribution in [0.25, 0.3) is 0 Å². The molecule has 1 atom stereocenters. The van der Waals surface area contributed by atoms with E-state index in [-0.39, 0.29) is 25.0 Å². The van der Waals surface area contributed by atoms with E-state index in [2.05, 4.69) is 5.32 Å². The topological polar surface area (TPSA) is 67.9 Å². The Hall–Kier alpha value is -3.23. The summed E-state index contributed by atoms with van der Waals surface area (Å²) in [6, 6.07) is 10.6. The van der Waals surface area contributed by atoms with Gasteiger partial charge >= 0.3 is 6.18 Å². The molecular formula is C22H21F3N2O4. The first-order valence-corrected chi connectivity index (χ1v) is 9.97. The molecule has 0 bridgehead atoms. The number of carbonyl (C=O) groups is 2. The van der Waals surface area contributed by atoms with E-state index in [1.54, 1.807) is 42.5 Å². The summed E-state index contributed by atoms with van der Waals surface area (Å²) in [6.45, 7) is 0.568. The van der Waals surface area contributed by atoms with Crippen LogP contribution in [0.2, 0.25) is 0 Å². The summed E-state index contributed by atoms with van der Waals surface area (Å²) < 4.78 is 47.6. The number of ether oxygens (including phenoxy) is 2. The van der Waals surface area contributed by atoms with Crippen LogP contribution in [0.15, 0.2) is 42.5 Å². The fourth-order valence-electron chi connectivity index (χ4n) is 3.74. The van der Waals surface area contributed by atoms with Gasteiger partial charge in [-0.3, -0.25) is 9.59 Å². The number of hydrogen-bond acceptors (Lipinski definition) is 4. The Kier molecular flexibility index (Phi) is 5.75. The number of alkyl halides is 3. The standard InChI is InChI=1S/C22H21F3N2O4/c23-22(24,25)10-9-14-3-6-16(7-4-14)26-20(28)17-2-1-11-27(17)21(29)15-5-8-18-19(12-15)31-13-30-18/h3-8,12,17H,1-2,9-11,13H2,(H,26,28)/t17-/m0/s1. The third-order valence-corrected chi connectivity index (χ3v) is 5.35. The molecule has 0 aromatic heterocycles. The summed E-state index contributed by atoms with van der Waals surface area (Å²) in [6.07, 6.45) is -3.98. The molecule has 0 radical (unpaired) electrons. The Balaban J connectivity index is 1.39. The zero-order valence-corrected chi connectivity index (χ0v) is 16.6. The molecule has 2 heterocycles. The van der Waals surface area contributed by atoms with Crippen LogP contribution in [-0.2, 0) is 11.2 Å². The van der Waals surface area contributed by atoms with Crippen molar-refractivity contribution in [1.82, 2.24) is 4.90 Å². The molecule has 0 spiro atoms. The predicted molar refractivity (Wildman–Crippen MR) is 106 cm³/mol. The molecule has 0 unspecified atom stereocenters. The number of likely N-dealkylation sites (tertiary alicyclic amines) is 1. The largest absolute Gasteiger partial charge is 0.454 e. The lowest BCUT2D eigenvalue weighted by molar-refractivity contribution is -0.134. The maximum atomic E-state index is 13.0. The first-order chi connectivity index (χ1) is 14.8. The van der Waals surface area contributed by atoms with Gasteiger partial charge in [0.25, 0.3) is 5.91 Å². The maximum Gasteiger partial charge on any atom is 0.389 e. The number of hydrogen-bond donors (Lipinski definition) is 1. The van der Waals surface area contributed by atoms with Crippen molar-refractivity contribution < 1.29 is 32.2 Å².